The van der Waals surface area contributed by atoms with Crippen LogP contribution in [0.5, 0.6) is 0 Å². The number of anilines is 8. The van der Waals surface area contributed by atoms with Crippen LogP contribution in [0.2, 0.25) is 0 Å². The minimum absolute atomic E-state index is 0.00293. The Morgan fingerprint density at radius 3 is 0.887 bits per heavy atom. The number of ketones is 4. The molecule has 0 atom stereocenters. The summed E-state index contributed by atoms with van der Waals surface area (Å²) < 4.78 is 101. The molecule has 0 unspecified atom stereocenters. The van der Waals surface area contributed by atoms with Crippen LogP contribution in [0, 0.1) is 11.3 Å². The fourth-order valence-corrected chi connectivity index (χ4v) is 21.0. The van der Waals surface area contributed by atoms with Gasteiger partial charge in [0.1, 0.15) is 68.8 Å². The maximum atomic E-state index is 12.5. The average molecular weight is 1860 g/mol. The highest BCUT2D eigenvalue weighted by Gasteiger charge is 2.35. The summed E-state index contributed by atoms with van der Waals surface area (Å²) in [5.74, 6) is 1.20. The Morgan fingerprint density at radius 1 is 0.338 bits per heavy atom. The number of pyridine rings is 5. The molecule has 676 valence electrons. The fourth-order valence-electron chi connectivity index (χ4n) is 16.2. The number of benzene rings is 2. The molecular weight excluding hydrogens is 1780 g/mol. The van der Waals surface area contributed by atoms with Gasteiger partial charge in [0.05, 0.1) is 105 Å². The normalized spacial score (nSPS) is 16.0. The number of hydrogen-bond acceptors (Lipinski definition) is 34. The molecule has 17 heterocycles. The number of carbonyl (C=O) groups is 4. The van der Waals surface area contributed by atoms with Gasteiger partial charge in [-0.05, 0) is 88.2 Å². The van der Waals surface area contributed by atoms with Crippen molar-refractivity contribution in [2.45, 2.75) is 34.1 Å². The molecule has 4 aliphatic heterocycles. The van der Waals surface area contributed by atoms with Gasteiger partial charge in [-0.2, -0.15) is 43.7 Å². The van der Waals surface area contributed by atoms with Crippen molar-refractivity contribution in [1.29, 1.82) is 5.26 Å². The van der Waals surface area contributed by atoms with E-state index in [1.807, 2.05) is 119 Å². The van der Waals surface area contributed by atoms with Crippen molar-refractivity contribution in [3.63, 3.8) is 0 Å². The number of nitrogen functional groups attached to an aromatic ring is 4. The van der Waals surface area contributed by atoms with Crippen LogP contribution in [0.1, 0.15) is 86.8 Å². The molecule has 4 saturated heterocycles. The van der Waals surface area contributed by atoms with Crippen LogP contribution in [-0.4, -0.2) is 238 Å². The second-order valence-electron chi connectivity index (χ2n) is 32.1. The van der Waals surface area contributed by atoms with Crippen molar-refractivity contribution in [1.82, 2.24) is 83.3 Å². The van der Waals surface area contributed by atoms with E-state index in [-0.39, 0.29) is 167 Å². The number of nitriles is 1. The minimum Gasteiger partial charge on any atom is -0.383 e. The van der Waals surface area contributed by atoms with Crippen LogP contribution in [0.25, 0.3) is 106 Å². The molecular formula is C91H86N26O12S4. The lowest BCUT2D eigenvalue weighted by Crippen LogP contribution is -2.41. The number of carbonyl (C=O) groups excluding carboxylic acids is 4. The maximum absolute atomic E-state index is 12.5. The molecule has 13 aromatic heterocycles. The third kappa shape index (κ3) is 18.5. The molecule has 38 nitrogen and oxygen atoms in total. The van der Waals surface area contributed by atoms with Crippen molar-refractivity contribution in [2.75, 3.05) is 141 Å². The van der Waals surface area contributed by atoms with Gasteiger partial charge in [0.2, 0.25) is 0 Å². The number of rotatable bonds is 16. The lowest BCUT2D eigenvalue weighted by Gasteiger charge is -2.29. The summed E-state index contributed by atoms with van der Waals surface area (Å²) in [5, 5.41) is 26.4. The Balaban J connectivity index is 0.000000124. The molecule has 5 aliphatic rings. The molecule has 0 amide bonds. The van der Waals surface area contributed by atoms with Gasteiger partial charge < -0.3 is 42.5 Å². The zero-order chi connectivity index (χ0) is 93.5. The monoisotopic (exact) mass is 1860 g/mol. The van der Waals surface area contributed by atoms with E-state index in [2.05, 4.69) is 63.5 Å². The lowest BCUT2D eigenvalue weighted by atomic mass is 10.1. The minimum atomic E-state index is -3.11. The van der Waals surface area contributed by atoms with Crippen molar-refractivity contribution < 1.29 is 52.8 Å². The van der Waals surface area contributed by atoms with E-state index in [1.165, 1.54) is 45.8 Å². The first kappa shape index (κ1) is 89.5. The molecule has 4 fully saturated rings. The van der Waals surface area contributed by atoms with Crippen LogP contribution in [0.15, 0.2) is 195 Å². The molecule has 133 heavy (non-hydrogen) atoms. The summed E-state index contributed by atoms with van der Waals surface area (Å²) in [5.41, 5.74) is 42.0. The number of Topliss-reactive ketones (excluding diaryl/α,β-unsaturated/α-hetero) is 4. The van der Waals surface area contributed by atoms with Crippen molar-refractivity contribution in [3.8, 4) is 84.3 Å². The average Bonchev–Trinajstić information content (AvgIpc) is 1.62. The van der Waals surface area contributed by atoms with Crippen LogP contribution in [0.4, 0.5) is 46.5 Å². The summed E-state index contributed by atoms with van der Waals surface area (Å²) in [6, 6.07) is 38.2. The molecule has 15 aromatic rings. The van der Waals surface area contributed by atoms with E-state index < -0.39 is 39.3 Å². The zero-order valence-electron chi connectivity index (χ0n) is 72.2. The Bertz CT molecular complexity index is 7480. The van der Waals surface area contributed by atoms with Gasteiger partial charge >= 0.3 is 0 Å². The zero-order valence-corrected chi connectivity index (χ0v) is 75.4. The fraction of sp³-hybridized carbons (Fsp3) is 0.231. The number of sulfone groups is 4. The highest BCUT2D eigenvalue weighted by Crippen LogP contribution is 2.39. The van der Waals surface area contributed by atoms with Gasteiger partial charge in [0.15, 0.2) is 85.1 Å². The quantitative estimate of drug-likeness (QED) is 0.0656. The lowest BCUT2D eigenvalue weighted by molar-refractivity contribution is 0.100. The Labute approximate surface area is 762 Å². The summed E-state index contributed by atoms with van der Waals surface area (Å²) in [4.78, 5) is 98.3. The van der Waals surface area contributed by atoms with Gasteiger partial charge in [-0.3, -0.25) is 44.1 Å². The van der Waals surface area contributed by atoms with Crippen LogP contribution in [-0.2, 0) is 39.3 Å². The molecule has 1 aliphatic carbocycles. The summed E-state index contributed by atoms with van der Waals surface area (Å²) >= 11 is 0. The molecule has 2 aromatic carbocycles. The number of hydrogen-bond donors (Lipinski definition) is 4. The third-order valence-electron chi connectivity index (χ3n) is 23.3. The highest BCUT2D eigenvalue weighted by atomic mass is 32.2. The number of nitrogens with two attached hydrogens (primary N) is 4. The van der Waals surface area contributed by atoms with Crippen LogP contribution in [0.3, 0.4) is 0 Å². The number of allylic oxidation sites excluding steroid dienone is 4. The molecule has 8 N–H and O–H groups in total. The first-order valence-electron chi connectivity index (χ1n) is 42.0. The molecule has 0 bridgehead atoms. The Hall–Kier alpha value is -15.5. The standard InChI is InChI=1S/C24H21N7O3S.C23H22N6O3S.C22H21N7O3S.C22H22N6O3S/c1-15(32)21-22(26)31-23(29-24(21)30-8-10-35(33,34)11-9-30)19(14-28-31)18-6-7-20(27-13-18)17-4-2-16(12-25)3-5-17;1-15(30)20-21(24)29-22(27-23(20)28-9-11-33(31,32)12-10-28)18(14-26-29)17-7-8-19(25-13-17)16-5-3-2-4-6-16;1-14(30)19-20(23)29-21(27-22(19)28-7-9-33(31,32)10-8-28)17(13-26-29)15-4-5-18(25-12-15)16-3-2-6-24-11-16;1-14(29)19-20(23)28-21(26-22(19)27-8-10-32(30,31)11-9-27)17(13-25-28)16-6-7-18(24-12-16)15-4-2-3-5-15/h2-7,13-14H,8-11,26H2,1H3;2-8,13-14H,9-12,24H2,1H3;2-6,11-13H,7-10,23H2,1H3;2,4-7,12-13H,3,8-11,23H2,1H3. The van der Waals surface area contributed by atoms with Gasteiger partial charge in [-0.1, -0.05) is 85.0 Å². The first-order chi connectivity index (χ1) is 63.8. The summed E-state index contributed by atoms with van der Waals surface area (Å²) in [6.45, 7) is 7.62. The Kier molecular flexibility index (Phi) is 24.5. The highest BCUT2D eigenvalue weighted by molar-refractivity contribution is 7.92. The maximum Gasteiger partial charge on any atom is 0.167 e. The second-order valence-corrected chi connectivity index (χ2v) is 41.3. The van der Waals surface area contributed by atoms with Crippen LogP contribution < -0.4 is 42.5 Å². The van der Waals surface area contributed by atoms with Gasteiger partial charge in [-0.15, -0.1) is 0 Å². The van der Waals surface area contributed by atoms with Crippen LogP contribution >= 0.6 is 0 Å². The predicted octanol–water partition coefficient (Wildman–Crippen LogP) is 8.85. The number of nitrogens with zero attached hydrogens (tertiary/aromatic N) is 22. The van der Waals surface area contributed by atoms with E-state index in [9.17, 15) is 52.8 Å². The van der Waals surface area contributed by atoms with Crippen molar-refractivity contribution in [3.05, 3.63) is 229 Å². The molecule has 0 saturated carbocycles. The van der Waals surface area contributed by atoms with E-state index in [4.69, 9.17) is 48.1 Å². The Morgan fingerprint density at radius 2 is 0.624 bits per heavy atom. The second kappa shape index (κ2) is 36.5. The molecule has 42 heteroatoms. The molecule has 0 spiro atoms. The number of aromatic nitrogens is 17. The van der Waals surface area contributed by atoms with Crippen molar-refractivity contribution in [2.24, 2.45) is 0 Å². The molecule has 20 rings (SSSR count). The van der Waals surface area contributed by atoms with Gasteiger partial charge in [0.25, 0.3) is 0 Å². The summed E-state index contributed by atoms with van der Waals surface area (Å²) in [6.07, 6.45) is 24.1. The van der Waals surface area contributed by atoms with Crippen molar-refractivity contribution >= 4 is 137 Å². The predicted molar refractivity (Wildman–Crippen MR) is 507 cm³/mol. The number of fused-ring (bicyclic) bond motifs is 4. The summed E-state index contributed by atoms with van der Waals surface area (Å²) in [7, 11) is -12.4. The van der Waals surface area contributed by atoms with E-state index in [0.29, 0.717) is 62.6 Å². The van der Waals surface area contributed by atoms with Gasteiger partial charge in [-0.25, -0.2) is 53.6 Å². The first-order valence-corrected chi connectivity index (χ1v) is 49.3. The van der Waals surface area contributed by atoms with E-state index in [0.717, 1.165) is 84.8 Å². The van der Waals surface area contributed by atoms with E-state index in [1.54, 1.807) is 83.9 Å². The van der Waals surface area contributed by atoms with E-state index >= 15 is 0 Å². The molecule has 0 radical (unpaired) electrons. The topological polar surface area (TPSA) is 531 Å². The largest absolute Gasteiger partial charge is 0.383 e. The SMILES string of the molecule is CC(=O)c1c(N2CCS(=O)(=O)CC2)nc2c(-c3ccc(-c4ccc(C#N)cc4)nc3)cnn2c1N.CC(=O)c1c(N2CCS(=O)(=O)CC2)nc2c(-c3ccc(-c4ccccc4)nc3)cnn2c1N.CC(=O)c1c(N2CCS(=O)(=O)CC2)nc2c(-c3ccc(-c4cccnc4)nc3)cnn2c1N.CC(=O)c1c(N2CCS(=O)(=O)CC2)nc2c(-c3ccc(C4=CCC=C4)nc3)cnn2c1N. The third-order valence-corrected chi connectivity index (χ3v) is 29.8. The smallest absolute Gasteiger partial charge is 0.167 e. The van der Waals surface area contributed by atoms with Gasteiger partial charge in [0, 0.05) is 151 Å².